The molecule has 2 heteroatoms. The summed E-state index contributed by atoms with van der Waals surface area (Å²) < 4.78 is 0. The Morgan fingerprint density at radius 3 is 1.80 bits per heavy atom. The number of hydrogen-bond donors (Lipinski definition) is 2. The van der Waals surface area contributed by atoms with Gasteiger partial charge in [0.15, 0.2) is 0 Å². The minimum absolute atomic E-state index is 0.0718. The van der Waals surface area contributed by atoms with Crippen LogP contribution in [0.15, 0.2) is 12.7 Å². The van der Waals surface area contributed by atoms with E-state index in [0.29, 0.717) is 6.42 Å². The third kappa shape index (κ3) is 2.99. The lowest BCUT2D eigenvalue weighted by Gasteiger charge is -2.20. The average molecular weight is 144 g/mol. The maximum absolute atomic E-state index is 9.11. The van der Waals surface area contributed by atoms with Crippen LogP contribution in [0.2, 0.25) is 0 Å². The van der Waals surface area contributed by atoms with Gasteiger partial charge in [0.2, 0.25) is 0 Å². The Labute approximate surface area is 62.2 Å². The molecular weight excluding hydrogens is 128 g/mol. The molecule has 0 aliphatic heterocycles. The van der Waals surface area contributed by atoms with Crippen LogP contribution in [-0.4, -0.2) is 22.4 Å². The van der Waals surface area contributed by atoms with Crippen LogP contribution < -0.4 is 0 Å². The van der Waals surface area contributed by atoms with E-state index >= 15 is 0 Å². The van der Waals surface area contributed by atoms with Gasteiger partial charge in [0.25, 0.3) is 0 Å². The molecule has 2 atom stereocenters. The molecule has 0 aromatic rings. The minimum Gasteiger partial charge on any atom is -0.393 e. The predicted molar refractivity (Wildman–Crippen MR) is 41.7 cm³/mol. The Morgan fingerprint density at radius 2 is 1.70 bits per heavy atom. The summed E-state index contributed by atoms with van der Waals surface area (Å²) in [7, 11) is 0. The summed E-state index contributed by atoms with van der Waals surface area (Å²) in [6.45, 7) is 6.91. The second-order valence-electron chi connectivity index (χ2n) is 2.67. The molecule has 0 saturated heterocycles. The Bertz CT molecular complexity index is 89.4. The van der Waals surface area contributed by atoms with Gasteiger partial charge in [-0.05, 0) is 20.3 Å². The first-order valence-electron chi connectivity index (χ1n) is 3.56. The molecule has 0 rings (SSSR count). The summed E-state index contributed by atoms with van der Waals surface area (Å²) in [5, 5.41) is 18.2. The van der Waals surface area contributed by atoms with Crippen LogP contribution in [0, 0.1) is 5.92 Å². The van der Waals surface area contributed by atoms with Crippen LogP contribution in [-0.2, 0) is 0 Å². The molecule has 0 aromatic heterocycles. The van der Waals surface area contributed by atoms with E-state index in [-0.39, 0.29) is 5.92 Å². The van der Waals surface area contributed by atoms with Crippen LogP contribution in [0.3, 0.4) is 0 Å². The first-order chi connectivity index (χ1) is 4.59. The fraction of sp³-hybridized carbons (Fsp3) is 0.750. The third-order valence-corrected chi connectivity index (χ3v) is 1.68. The molecule has 0 fully saturated rings. The van der Waals surface area contributed by atoms with Crippen molar-refractivity contribution in [1.82, 2.24) is 0 Å². The highest BCUT2D eigenvalue weighted by Crippen LogP contribution is 2.13. The van der Waals surface area contributed by atoms with Gasteiger partial charge in [-0.1, -0.05) is 6.08 Å². The molecule has 0 radical (unpaired) electrons. The normalized spacial score (nSPS) is 16.9. The molecule has 0 aromatic carbocycles. The summed E-state index contributed by atoms with van der Waals surface area (Å²) in [6.07, 6.45) is 1.45. The number of rotatable bonds is 4. The van der Waals surface area contributed by atoms with Crippen LogP contribution in [0.1, 0.15) is 20.3 Å². The van der Waals surface area contributed by atoms with Crippen molar-refractivity contribution in [2.75, 3.05) is 0 Å². The molecule has 10 heavy (non-hydrogen) atoms. The Kier molecular flexibility index (Phi) is 4.32. The fourth-order valence-electron chi connectivity index (χ4n) is 0.989. The highest BCUT2D eigenvalue weighted by molar-refractivity contribution is 4.79. The summed E-state index contributed by atoms with van der Waals surface area (Å²) in [6, 6.07) is 0. The van der Waals surface area contributed by atoms with Crippen molar-refractivity contribution in [3.63, 3.8) is 0 Å². The van der Waals surface area contributed by atoms with Gasteiger partial charge in [0.1, 0.15) is 0 Å². The molecule has 0 spiro atoms. The summed E-state index contributed by atoms with van der Waals surface area (Å²) >= 11 is 0. The smallest absolute Gasteiger partial charge is 0.0567 e. The van der Waals surface area contributed by atoms with Gasteiger partial charge in [-0.2, -0.15) is 0 Å². The van der Waals surface area contributed by atoms with Gasteiger partial charge in [-0.15, -0.1) is 6.58 Å². The second kappa shape index (κ2) is 4.47. The molecular formula is C8H16O2. The van der Waals surface area contributed by atoms with Gasteiger partial charge in [-0.3, -0.25) is 0 Å². The van der Waals surface area contributed by atoms with Crippen molar-refractivity contribution >= 4 is 0 Å². The summed E-state index contributed by atoms with van der Waals surface area (Å²) in [5.41, 5.74) is 0. The van der Waals surface area contributed by atoms with E-state index in [4.69, 9.17) is 10.2 Å². The average Bonchev–Trinajstić information content (AvgIpc) is 1.81. The summed E-state index contributed by atoms with van der Waals surface area (Å²) in [5.74, 6) is -0.0718. The third-order valence-electron chi connectivity index (χ3n) is 1.68. The van der Waals surface area contributed by atoms with E-state index in [0.717, 1.165) is 0 Å². The van der Waals surface area contributed by atoms with Crippen molar-refractivity contribution in [2.45, 2.75) is 32.5 Å². The lowest BCUT2D eigenvalue weighted by atomic mass is 9.94. The van der Waals surface area contributed by atoms with E-state index in [1.165, 1.54) is 0 Å². The van der Waals surface area contributed by atoms with Gasteiger partial charge < -0.3 is 10.2 Å². The molecule has 0 heterocycles. The van der Waals surface area contributed by atoms with Gasteiger partial charge in [0, 0.05) is 5.92 Å². The second-order valence-corrected chi connectivity index (χ2v) is 2.67. The number of aliphatic hydroxyl groups is 2. The summed E-state index contributed by atoms with van der Waals surface area (Å²) in [4.78, 5) is 0. The van der Waals surface area contributed by atoms with Crippen LogP contribution in [0.25, 0.3) is 0 Å². The van der Waals surface area contributed by atoms with Crippen molar-refractivity contribution < 1.29 is 10.2 Å². The van der Waals surface area contributed by atoms with Crippen molar-refractivity contribution in [1.29, 1.82) is 0 Å². The largest absolute Gasteiger partial charge is 0.393 e. The topological polar surface area (TPSA) is 40.5 Å². The molecule has 0 aliphatic carbocycles. The van der Waals surface area contributed by atoms with E-state index < -0.39 is 12.2 Å². The van der Waals surface area contributed by atoms with E-state index in [1.807, 2.05) is 0 Å². The van der Waals surface area contributed by atoms with E-state index in [1.54, 1.807) is 19.9 Å². The molecule has 0 aliphatic rings. The Hall–Kier alpha value is -0.340. The van der Waals surface area contributed by atoms with Crippen LogP contribution in [0.5, 0.6) is 0 Å². The fourth-order valence-corrected chi connectivity index (χ4v) is 0.989. The van der Waals surface area contributed by atoms with Crippen LogP contribution in [0.4, 0.5) is 0 Å². The first kappa shape index (κ1) is 9.66. The van der Waals surface area contributed by atoms with Crippen molar-refractivity contribution in [3.8, 4) is 0 Å². The minimum atomic E-state index is -0.460. The zero-order valence-electron chi connectivity index (χ0n) is 6.62. The standard InChI is InChI=1S/C8H16O2/c1-4-5-8(6(2)9)7(3)10/h4,6-10H,1,5H2,2-3H3/t6-,7-/m0/s1. The lowest BCUT2D eigenvalue weighted by molar-refractivity contribution is 0.0335. The molecule has 0 saturated carbocycles. The zero-order valence-corrected chi connectivity index (χ0v) is 6.62. The molecule has 2 N–H and O–H groups in total. The quantitative estimate of drug-likeness (QED) is 0.576. The molecule has 2 nitrogen and oxygen atoms in total. The Morgan fingerprint density at radius 1 is 1.30 bits per heavy atom. The molecule has 0 unspecified atom stereocenters. The molecule has 0 bridgehead atoms. The van der Waals surface area contributed by atoms with Gasteiger partial charge >= 0.3 is 0 Å². The number of aliphatic hydroxyl groups excluding tert-OH is 2. The van der Waals surface area contributed by atoms with E-state index in [9.17, 15) is 0 Å². The zero-order chi connectivity index (χ0) is 8.15. The number of allylic oxidation sites excluding steroid dienone is 1. The van der Waals surface area contributed by atoms with Gasteiger partial charge in [0.05, 0.1) is 12.2 Å². The van der Waals surface area contributed by atoms with Crippen LogP contribution >= 0.6 is 0 Å². The monoisotopic (exact) mass is 144 g/mol. The molecule has 60 valence electrons. The SMILES string of the molecule is C=CCC([C@H](C)O)[C@H](C)O. The maximum atomic E-state index is 9.11. The highest BCUT2D eigenvalue weighted by Gasteiger charge is 2.18. The molecule has 0 amide bonds. The highest BCUT2D eigenvalue weighted by atomic mass is 16.3. The lowest BCUT2D eigenvalue weighted by Crippen LogP contribution is -2.26. The predicted octanol–water partition coefficient (Wildman–Crippen LogP) is 0.940. The van der Waals surface area contributed by atoms with Crippen molar-refractivity contribution in [3.05, 3.63) is 12.7 Å². The number of hydrogen-bond acceptors (Lipinski definition) is 2. The van der Waals surface area contributed by atoms with E-state index in [2.05, 4.69) is 6.58 Å². The Balaban J connectivity index is 3.84. The first-order valence-corrected chi connectivity index (χ1v) is 3.56. The van der Waals surface area contributed by atoms with Gasteiger partial charge in [-0.25, -0.2) is 0 Å². The van der Waals surface area contributed by atoms with Crippen molar-refractivity contribution in [2.24, 2.45) is 5.92 Å². The maximum Gasteiger partial charge on any atom is 0.0567 e.